The van der Waals surface area contributed by atoms with Crippen molar-refractivity contribution in [3.05, 3.63) is 84.2 Å². The van der Waals surface area contributed by atoms with Crippen LogP contribution in [-0.2, 0) is 20.8 Å². The van der Waals surface area contributed by atoms with Crippen LogP contribution in [0.25, 0.3) is 17.2 Å². The molecule has 1 aliphatic carbocycles. The number of nitrogens with one attached hydrogen (secondary N) is 2. The fraction of sp³-hybridized carbons (Fsp3) is 0.333. The number of amides is 2. The van der Waals surface area contributed by atoms with E-state index in [0.29, 0.717) is 42.2 Å². The zero-order valence-corrected chi connectivity index (χ0v) is 23.4. The normalized spacial score (nSPS) is 23.0. The highest BCUT2D eigenvalue weighted by atomic mass is 16.7. The number of imidazole rings is 1. The van der Waals surface area contributed by atoms with Crippen molar-refractivity contribution in [2.45, 2.75) is 44.5 Å². The minimum atomic E-state index is -1.05. The first kappa shape index (κ1) is 28.4. The van der Waals surface area contributed by atoms with E-state index in [2.05, 4.69) is 30.6 Å². The van der Waals surface area contributed by atoms with E-state index in [1.807, 2.05) is 54.0 Å². The minimum absolute atomic E-state index is 0.0509. The topological polar surface area (TPSA) is 163 Å². The summed E-state index contributed by atoms with van der Waals surface area (Å²) in [5.41, 5.74) is 2.51. The molecule has 0 radical (unpaired) electrons. The maximum atomic E-state index is 12.2. The molecule has 1 saturated carbocycles. The van der Waals surface area contributed by atoms with Gasteiger partial charge in [0.15, 0.2) is 23.3 Å². The van der Waals surface area contributed by atoms with Crippen molar-refractivity contribution >= 4 is 35.1 Å². The third-order valence-corrected chi connectivity index (χ3v) is 7.52. The van der Waals surface area contributed by atoms with Gasteiger partial charge in [-0.05, 0) is 37.1 Å². The molecule has 3 aromatic heterocycles. The van der Waals surface area contributed by atoms with Gasteiger partial charge in [0.25, 0.3) is 0 Å². The van der Waals surface area contributed by atoms with Crippen molar-refractivity contribution in [3.63, 3.8) is 0 Å². The Morgan fingerprint density at radius 3 is 2.74 bits per heavy atom. The molecular weight excluding hydrogens is 554 g/mol. The second kappa shape index (κ2) is 12.7. The first-order chi connectivity index (χ1) is 21.0. The van der Waals surface area contributed by atoms with Crippen molar-refractivity contribution in [1.29, 1.82) is 0 Å². The summed E-state index contributed by atoms with van der Waals surface area (Å²) in [6, 6.07) is 12.4. The van der Waals surface area contributed by atoms with Crippen molar-refractivity contribution in [2.75, 3.05) is 18.5 Å². The molecule has 13 heteroatoms. The lowest BCUT2D eigenvalue weighted by molar-refractivity contribution is -0.0587. The number of rotatable bonds is 10. The van der Waals surface area contributed by atoms with Gasteiger partial charge in [-0.25, -0.2) is 24.5 Å². The van der Waals surface area contributed by atoms with Gasteiger partial charge >= 0.3 is 12.0 Å². The van der Waals surface area contributed by atoms with E-state index < -0.39 is 12.3 Å². The number of hydrogen-bond acceptors (Lipinski definition) is 9. The largest absolute Gasteiger partial charge is 0.478 e. The molecule has 1 saturated heterocycles. The molecule has 1 aliphatic heterocycles. The summed E-state index contributed by atoms with van der Waals surface area (Å²) in [6.07, 6.45) is 7.88. The van der Waals surface area contributed by atoms with Crippen LogP contribution < -0.4 is 10.6 Å². The first-order valence-electron chi connectivity index (χ1n) is 14.0. The van der Waals surface area contributed by atoms with Crippen molar-refractivity contribution < 1.29 is 28.9 Å². The molecule has 43 heavy (non-hydrogen) atoms. The highest BCUT2D eigenvalue weighted by Crippen LogP contribution is 2.45. The van der Waals surface area contributed by atoms with Gasteiger partial charge < -0.3 is 29.2 Å². The molecule has 5 atom stereocenters. The van der Waals surface area contributed by atoms with E-state index >= 15 is 0 Å². The first-order valence-corrected chi connectivity index (χ1v) is 14.0. The zero-order chi connectivity index (χ0) is 29.8. The summed E-state index contributed by atoms with van der Waals surface area (Å²) in [5.74, 6) is -0.821. The number of carbonyl (C=O) groups excluding carboxylic acids is 1. The summed E-state index contributed by atoms with van der Waals surface area (Å²) in [6.45, 7) is 2.65. The maximum Gasteiger partial charge on any atom is 0.337 e. The summed E-state index contributed by atoms with van der Waals surface area (Å²) in [4.78, 5) is 41.2. The molecule has 4 aromatic rings. The maximum absolute atomic E-state index is 12.2. The highest BCUT2D eigenvalue weighted by molar-refractivity contribution is 5.95. The molecule has 0 bridgehead atoms. The average molecular weight is 586 g/mol. The lowest BCUT2D eigenvalue weighted by Gasteiger charge is -2.19. The van der Waals surface area contributed by atoms with E-state index in [-0.39, 0.29) is 42.4 Å². The van der Waals surface area contributed by atoms with Crippen LogP contribution in [-0.4, -0.2) is 73.3 Å². The van der Waals surface area contributed by atoms with Crippen LogP contribution in [0.3, 0.4) is 0 Å². The number of nitrogens with zero attached hydrogens (tertiary/aromatic N) is 5. The zero-order valence-electron chi connectivity index (χ0n) is 23.4. The van der Waals surface area contributed by atoms with E-state index in [1.165, 1.54) is 12.4 Å². The fourth-order valence-corrected chi connectivity index (χ4v) is 5.60. The second-order valence-corrected chi connectivity index (χ2v) is 10.3. The Labute approximate surface area is 246 Å². The molecule has 2 aliphatic rings. The Morgan fingerprint density at radius 2 is 1.93 bits per heavy atom. The number of anilines is 1. The third-order valence-electron chi connectivity index (χ3n) is 7.52. The van der Waals surface area contributed by atoms with Gasteiger partial charge in [-0.15, -0.1) is 0 Å². The molecule has 2 amide bonds. The highest BCUT2D eigenvalue weighted by Gasteiger charge is 2.52. The number of fused-ring (bicyclic) bond motifs is 2. The predicted molar refractivity (Wildman–Crippen MR) is 155 cm³/mol. The summed E-state index contributed by atoms with van der Waals surface area (Å²) >= 11 is 0. The molecule has 222 valence electrons. The molecule has 1 aromatic carbocycles. The van der Waals surface area contributed by atoms with Crippen LogP contribution in [0.5, 0.6) is 0 Å². The van der Waals surface area contributed by atoms with Crippen LogP contribution in [0, 0.1) is 5.92 Å². The van der Waals surface area contributed by atoms with Gasteiger partial charge in [-0.3, -0.25) is 10.3 Å². The summed E-state index contributed by atoms with van der Waals surface area (Å²) < 4.78 is 20.8. The van der Waals surface area contributed by atoms with Gasteiger partial charge in [0.05, 0.1) is 42.9 Å². The van der Waals surface area contributed by atoms with E-state index in [1.54, 1.807) is 18.6 Å². The molecule has 0 spiro atoms. The van der Waals surface area contributed by atoms with Gasteiger partial charge in [-0.1, -0.05) is 36.4 Å². The van der Waals surface area contributed by atoms with Gasteiger partial charge in [0, 0.05) is 18.7 Å². The third kappa shape index (κ3) is 6.09. The molecular formula is C30H31N7O6. The second-order valence-electron chi connectivity index (χ2n) is 10.3. The number of aromatic nitrogens is 5. The van der Waals surface area contributed by atoms with Crippen molar-refractivity contribution in [2.24, 2.45) is 5.92 Å². The summed E-state index contributed by atoms with van der Waals surface area (Å²) in [7, 11) is 0. The molecule has 4 heterocycles. The van der Waals surface area contributed by atoms with Crippen molar-refractivity contribution in [1.82, 2.24) is 29.8 Å². The van der Waals surface area contributed by atoms with Gasteiger partial charge in [0.2, 0.25) is 0 Å². The molecule has 3 N–H and O–H groups in total. The average Bonchev–Trinajstić information content (AvgIpc) is 3.72. The SMILES string of the molecule is CCNC(=O)Nc1ncnc2c1ncn2C1CC(COCc2ncccc2C(=O)O)[C@H]2O[C@@H](C=Cc3ccccc3)OC12. The Morgan fingerprint density at radius 1 is 1.09 bits per heavy atom. The lowest BCUT2D eigenvalue weighted by atomic mass is 10.1. The molecule has 3 unspecified atom stereocenters. The molecule has 13 nitrogen and oxygen atoms in total. The van der Waals surface area contributed by atoms with Crippen LogP contribution in [0.2, 0.25) is 0 Å². The number of urea groups is 1. The lowest BCUT2D eigenvalue weighted by Crippen LogP contribution is -2.29. The number of aromatic carboxylic acids is 1. The van der Waals surface area contributed by atoms with Crippen LogP contribution >= 0.6 is 0 Å². The smallest absolute Gasteiger partial charge is 0.337 e. The number of hydrogen-bond donors (Lipinski definition) is 3. The van der Waals surface area contributed by atoms with E-state index in [9.17, 15) is 14.7 Å². The standard InChI is InChI=1S/C30H31N7O6/c1-2-31-30(40)36-27-24-28(34-16-33-27)37(17-35-24)22-13-19(14-41-15-21-20(29(38)39)9-6-12-32-21)25-26(22)43-23(42-25)11-10-18-7-4-3-5-8-18/h3-12,16-17,19,22-23,25-26H,2,13-15H2,1H3,(H,38,39)(H2,31,33,34,36,40)/t19?,22?,23-,25-,26?/m1/s1. The fourth-order valence-electron chi connectivity index (χ4n) is 5.60. The predicted octanol–water partition coefficient (Wildman–Crippen LogP) is 3.66. The molecule has 2 fully saturated rings. The Balaban J connectivity index is 1.24. The van der Waals surface area contributed by atoms with Gasteiger partial charge in [-0.2, -0.15) is 0 Å². The Hall–Kier alpha value is -4.72. The number of carbonyl (C=O) groups is 2. The molecule has 6 rings (SSSR count). The van der Waals surface area contributed by atoms with E-state index in [4.69, 9.17) is 14.2 Å². The van der Waals surface area contributed by atoms with Crippen LogP contribution in [0.15, 0.2) is 67.4 Å². The number of carboxylic acid groups (broad SMARTS) is 1. The Bertz CT molecular complexity index is 1630. The van der Waals surface area contributed by atoms with Crippen LogP contribution in [0.1, 0.15) is 41.0 Å². The number of benzene rings is 1. The Kier molecular flexibility index (Phi) is 8.36. The summed E-state index contributed by atoms with van der Waals surface area (Å²) in [5, 5.41) is 14.9. The number of ether oxygens (including phenoxy) is 3. The van der Waals surface area contributed by atoms with Crippen molar-refractivity contribution in [3.8, 4) is 0 Å². The quantitative estimate of drug-likeness (QED) is 0.250. The van der Waals surface area contributed by atoms with E-state index in [0.717, 1.165) is 5.56 Å². The number of pyridine rings is 1. The number of carboxylic acids is 1. The monoisotopic (exact) mass is 585 g/mol. The minimum Gasteiger partial charge on any atom is -0.478 e. The van der Waals surface area contributed by atoms with Crippen LogP contribution in [0.4, 0.5) is 10.6 Å². The van der Waals surface area contributed by atoms with Gasteiger partial charge in [0.1, 0.15) is 12.4 Å².